The van der Waals surface area contributed by atoms with E-state index in [1.54, 1.807) is 7.11 Å². The van der Waals surface area contributed by atoms with Gasteiger partial charge in [0, 0.05) is 25.2 Å². The maximum Gasteiger partial charge on any atom is 0.304 e. The monoisotopic (exact) mass is 229 g/mol. The zero-order valence-electron chi connectivity index (χ0n) is 10.7. The van der Waals surface area contributed by atoms with Crippen molar-refractivity contribution in [3.63, 3.8) is 0 Å². The summed E-state index contributed by atoms with van der Waals surface area (Å²) < 4.78 is 5.26. The van der Waals surface area contributed by atoms with Crippen molar-refractivity contribution < 1.29 is 14.6 Å². The van der Waals surface area contributed by atoms with Gasteiger partial charge in [-0.25, -0.2) is 0 Å². The highest BCUT2D eigenvalue weighted by atomic mass is 16.5. The molecule has 4 heteroatoms. The first kappa shape index (κ1) is 13.5. The second-order valence-electron chi connectivity index (χ2n) is 5.49. The van der Waals surface area contributed by atoms with Crippen LogP contribution in [0.5, 0.6) is 0 Å². The van der Waals surface area contributed by atoms with Crippen LogP contribution in [0.25, 0.3) is 0 Å². The minimum atomic E-state index is -0.725. The predicted octanol–water partition coefficient (Wildman–Crippen LogP) is 1.74. The van der Waals surface area contributed by atoms with Crippen molar-refractivity contribution in [3.05, 3.63) is 0 Å². The zero-order chi connectivity index (χ0) is 12.3. The van der Waals surface area contributed by atoms with Crippen molar-refractivity contribution in [3.8, 4) is 0 Å². The van der Waals surface area contributed by atoms with Crippen molar-refractivity contribution in [1.82, 2.24) is 4.90 Å². The molecule has 0 aromatic carbocycles. The maximum atomic E-state index is 10.6. The predicted molar refractivity (Wildman–Crippen MR) is 62.5 cm³/mol. The second-order valence-corrected chi connectivity index (χ2v) is 5.49. The van der Waals surface area contributed by atoms with E-state index in [1.807, 2.05) is 0 Å². The van der Waals surface area contributed by atoms with Gasteiger partial charge in [0.15, 0.2) is 0 Å². The van der Waals surface area contributed by atoms with Crippen LogP contribution in [0.2, 0.25) is 0 Å². The minimum absolute atomic E-state index is 0.0266. The molecule has 0 aromatic heterocycles. The Morgan fingerprint density at radius 2 is 2.00 bits per heavy atom. The van der Waals surface area contributed by atoms with Crippen LogP contribution in [0.3, 0.4) is 0 Å². The van der Waals surface area contributed by atoms with Crippen LogP contribution in [0.4, 0.5) is 0 Å². The number of hydrogen-bond donors (Lipinski definition) is 1. The Hall–Kier alpha value is -0.610. The molecule has 0 atom stereocenters. The van der Waals surface area contributed by atoms with Gasteiger partial charge in [-0.1, -0.05) is 0 Å². The molecular formula is C12H23NO3. The zero-order valence-corrected chi connectivity index (χ0v) is 10.7. The fourth-order valence-corrected chi connectivity index (χ4v) is 2.27. The van der Waals surface area contributed by atoms with Crippen molar-refractivity contribution in [2.75, 3.05) is 13.7 Å². The van der Waals surface area contributed by atoms with Crippen molar-refractivity contribution in [2.24, 2.45) is 0 Å². The summed E-state index contributed by atoms with van der Waals surface area (Å²) in [6.07, 6.45) is 2.62. The summed E-state index contributed by atoms with van der Waals surface area (Å²) in [5.41, 5.74) is 0.0266. The molecule has 1 rings (SSSR count). The summed E-state index contributed by atoms with van der Waals surface area (Å²) >= 11 is 0. The number of rotatable bonds is 5. The lowest BCUT2D eigenvalue weighted by molar-refractivity contribution is -0.138. The van der Waals surface area contributed by atoms with Gasteiger partial charge in [-0.3, -0.25) is 9.69 Å². The molecule has 0 bridgehead atoms. The van der Waals surface area contributed by atoms with E-state index in [4.69, 9.17) is 9.84 Å². The van der Waals surface area contributed by atoms with Crippen LogP contribution < -0.4 is 0 Å². The fourth-order valence-electron chi connectivity index (χ4n) is 2.27. The van der Waals surface area contributed by atoms with Crippen molar-refractivity contribution >= 4 is 5.97 Å². The molecule has 16 heavy (non-hydrogen) atoms. The van der Waals surface area contributed by atoms with E-state index in [0.717, 1.165) is 12.8 Å². The normalized spacial score (nSPS) is 25.6. The average Bonchev–Trinajstić information content (AvgIpc) is 2.05. The molecule has 4 nitrogen and oxygen atoms in total. The number of ether oxygens (including phenoxy) is 1. The molecule has 0 saturated heterocycles. The summed E-state index contributed by atoms with van der Waals surface area (Å²) in [5, 5.41) is 8.75. The quantitative estimate of drug-likeness (QED) is 0.780. The molecule has 0 heterocycles. The Balaban J connectivity index is 2.49. The number of nitrogens with zero attached hydrogens (tertiary/aromatic N) is 1. The standard InChI is InChI=1S/C12H23NO3/c1-12(2,3)13(6-5-11(14)15)9-7-10(8-9)16-4/h9-10H,5-8H2,1-4H3,(H,14,15). The highest BCUT2D eigenvalue weighted by Crippen LogP contribution is 2.32. The van der Waals surface area contributed by atoms with E-state index in [9.17, 15) is 4.79 Å². The highest BCUT2D eigenvalue weighted by Gasteiger charge is 2.38. The van der Waals surface area contributed by atoms with E-state index < -0.39 is 5.97 Å². The molecule has 0 amide bonds. The molecule has 1 saturated carbocycles. The van der Waals surface area contributed by atoms with Crippen molar-refractivity contribution in [2.45, 2.75) is 57.7 Å². The topological polar surface area (TPSA) is 49.8 Å². The summed E-state index contributed by atoms with van der Waals surface area (Å²) in [4.78, 5) is 12.9. The lowest BCUT2D eigenvalue weighted by Crippen LogP contribution is -2.55. The Kier molecular flexibility index (Phi) is 4.33. The van der Waals surface area contributed by atoms with Crippen LogP contribution in [-0.4, -0.2) is 47.3 Å². The summed E-state index contributed by atoms with van der Waals surface area (Å²) in [7, 11) is 1.74. The van der Waals surface area contributed by atoms with Crippen LogP contribution in [-0.2, 0) is 9.53 Å². The number of aliphatic carboxylic acids is 1. The molecule has 1 fully saturated rings. The third-order valence-corrected chi connectivity index (χ3v) is 3.27. The molecule has 0 spiro atoms. The van der Waals surface area contributed by atoms with Crippen LogP contribution in [0.15, 0.2) is 0 Å². The first-order chi connectivity index (χ1) is 7.34. The fraction of sp³-hybridized carbons (Fsp3) is 0.917. The summed E-state index contributed by atoms with van der Waals surface area (Å²) in [5.74, 6) is -0.725. The SMILES string of the molecule is COC1CC(N(CCC(=O)O)C(C)(C)C)C1. The van der Waals surface area contributed by atoms with Gasteiger partial charge in [0.05, 0.1) is 12.5 Å². The molecular weight excluding hydrogens is 206 g/mol. The number of carboxylic acid groups (broad SMARTS) is 1. The molecule has 0 unspecified atom stereocenters. The number of methoxy groups -OCH3 is 1. The minimum Gasteiger partial charge on any atom is -0.481 e. The number of carboxylic acids is 1. The Bertz CT molecular complexity index is 241. The summed E-state index contributed by atoms with van der Waals surface area (Å²) in [6, 6.07) is 0.476. The Morgan fingerprint density at radius 1 is 1.44 bits per heavy atom. The molecule has 0 aliphatic heterocycles. The van der Waals surface area contributed by atoms with Crippen LogP contribution in [0.1, 0.15) is 40.0 Å². The lowest BCUT2D eigenvalue weighted by atomic mass is 9.85. The largest absolute Gasteiger partial charge is 0.481 e. The third kappa shape index (κ3) is 3.46. The van der Waals surface area contributed by atoms with Gasteiger partial charge in [-0.15, -0.1) is 0 Å². The van der Waals surface area contributed by atoms with E-state index in [0.29, 0.717) is 18.7 Å². The highest BCUT2D eigenvalue weighted by molar-refractivity contribution is 5.66. The van der Waals surface area contributed by atoms with Gasteiger partial charge in [0.1, 0.15) is 0 Å². The Morgan fingerprint density at radius 3 is 2.38 bits per heavy atom. The van der Waals surface area contributed by atoms with Gasteiger partial charge in [0.25, 0.3) is 0 Å². The second kappa shape index (κ2) is 5.15. The molecule has 1 aliphatic carbocycles. The van der Waals surface area contributed by atoms with Gasteiger partial charge >= 0.3 is 5.97 Å². The van der Waals surface area contributed by atoms with Crippen molar-refractivity contribution in [1.29, 1.82) is 0 Å². The first-order valence-corrected chi connectivity index (χ1v) is 5.86. The summed E-state index contributed by atoms with van der Waals surface area (Å²) in [6.45, 7) is 7.03. The van der Waals surface area contributed by atoms with Crippen LogP contribution >= 0.6 is 0 Å². The van der Waals surface area contributed by atoms with Gasteiger partial charge in [-0.2, -0.15) is 0 Å². The number of carbonyl (C=O) groups is 1. The molecule has 0 aromatic rings. The molecule has 0 radical (unpaired) electrons. The van der Waals surface area contributed by atoms with E-state index in [1.165, 1.54) is 0 Å². The molecule has 1 aliphatic rings. The van der Waals surface area contributed by atoms with E-state index in [-0.39, 0.29) is 12.0 Å². The van der Waals surface area contributed by atoms with Gasteiger partial charge in [-0.05, 0) is 33.6 Å². The maximum absolute atomic E-state index is 10.6. The van der Waals surface area contributed by atoms with Gasteiger partial charge < -0.3 is 9.84 Å². The Labute approximate surface area is 97.6 Å². The lowest BCUT2D eigenvalue weighted by Gasteiger charge is -2.48. The van der Waals surface area contributed by atoms with Gasteiger partial charge in [0.2, 0.25) is 0 Å². The first-order valence-electron chi connectivity index (χ1n) is 5.86. The molecule has 1 N–H and O–H groups in total. The smallest absolute Gasteiger partial charge is 0.304 e. The van der Waals surface area contributed by atoms with Crippen LogP contribution in [0, 0.1) is 0 Å². The molecule has 94 valence electrons. The van der Waals surface area contributed by atoms with E-state index >= 15 is 0 Å². The third-order valence-electron chi connectivity index (χ3n) is 3.27. The van der Waals surface area contributed by atoms with E-state index in [2.05, 4.69) is 25.7 Å². The average molecular weight is 229 g/mol. The number of hydrogen-bond acceptors (Lipinski definition) is 3.